The highest BCUT2D eigenvalue weighted by Gasteiger charge is 2.72. The molecule has 2 aromatic rings. The molecule has 2 bridgehead atoms. The minimum atomic E-state index is -1.70. The van der Waals surface area contributed by atoms with E-state index in [0.717, 1.165) is 24.0 Å². The van der Waals surface area contributed by atoms with Gasteiger partial charge in [-0.1, -0.05) is 45.9 Å². The summed E-state index contributed by atoms with van der Waals surface area (Å²) in [6.07, 6.45) is -0.424. The molecule has 5 aliphatic rings. The van der Waals surface area contributed by atoms with Crippen molar-refractivity contribution < 1.29 is 42.8 Å². The Morgan fingerprint density at radius 3 is 2.56 bits per heavy atom. The number of ether oxygens (including phenoxy) is 5. The third kappa shape index (κ3) is 5.60. The highest BCUT2D eigenvalue weighted by atomic mass is 19.1. The van der Waals surface area contributed by atoms with Crippen LogP contribution in [-0.2, 0) is 34.9 Å². The number of nitrogens with zero attached hydrogens (tertiary/aromatic N) is 1. The Balaban J connectivity index is 1.34. The van der Waals surface area contributed by atoms with Gasteiger partial charge in [-0.2, -0.15) is 0 Å². The van der Waals surface area contributed by atoms with E-state index in [1.807, 2.05) is 33.9 Å². The van der Waals surface area contributed by atoms with Crippen LogP contribution in [-0.4, -0.2) is 84.6 Å². The summed E-state index contributed by atoms with van der Waals surface area (Å²) in [5.74, 6) is -2.65. The molecule has 1 aromatic heterocycles. The Kier molecular flexibility index (Phi) is 9.21. The van der Waals surface area contributed by atoms with Crippen LogP contribution in [0.15, 0.2) is 59.8 Å². The number of benzene rings is 1. The Bertz CT molecular complexity index is 1650. The number of carbonyl (C=O) groups is 2. The molecule has 270 valence electrons. The molecule has 0 radical (unpaired) electrons. The molecule has 11 atom stereocenters. The van der Waals surface area contributed by atoms with Gasteiger partial charge in [0, 0.05) is 48.2 Å². The highest BCUT2D eigenvalue weighted by molar-refractivity contribution is 5.89. The van der Waals surface area contributed by atoms with Gasteiger partial charge in [-0.15, -0.1) is 0 Å². The third-order valence-corrected chi connectivity index (χ3v) is 12.5. The number of fused-ring (bicyclic) bond motifs is 8. The fourth-order valence-electron chi connectivity index (χ4n) is 9.67. The van der Waals surface area contributed by atoms with Crippen molar-refractivity contribution in [2.24, 2.45) is 28.6 Å². The standard InChI is InChI=1S/C39H49FN2O8/c1-21(17-26-25(40)13-10-16-42-26)35(43)47-28-18-39(45)33(50-36(44)23-11-8-7-9-12-23)31-24-20-46-27(24)14-15-38(31,5)34-32(48-29(49-34)19-41-6)30(22(28)2)37(39,3)4/h7-13,16,21,24,27-29,31-34,41,45H,14-15,17-20H2,1-6H3/t21-,24-,27-,28+,29-,31-,32-,33+,34-,38-,39-/m1/s1. The molecule has 0 spiro atoms. The van der Waals surface area contributed by atoms with Crippen molar-refractivity contribution in [2.75, 3.05) is 20.2 Å². The molecule has 50 heavy (non-hydrogen) atoms. The summed E-state index contributed by atoms with van der Waals surface area (Å²) in [5, 5.41) is 16.6. The number of aliphatic hydroxyl groups is 1. The summed E-state index contributed by atoms with van der Waals surface area (Å²) in [6.45, 7) is 10.6. The van der Waals surface area contributed by atoms with Crippen molar-refractivity contribution in [2.45, 2.75) is 103 Å². The number of hydrogen-bond donors (Lipinski definition) is 2. The van der Waals surface area contributed by atoms with Gasteiger partial charge < -0.3 is 34.1 Å². The van der Waals surface area contributed by atoms with Crippen molar-refractivity contribution in [1.29, 1.82) is 0 Å². The first-order chi connectivity index (χ1) is 23.8. The fraction of sp³-hybridized carbons (Fsp3) is 0.615. The van der Waals surface area contributed by atoms with Gasteiger partial charge in [0.2, 0.25) is 0 Å². The molecule has 11 heteroatoms. The number of pyridine rings is 1. The molecule has 3 aliphatic carbocycles. The minimum absolute atomic E-state index is 0.00223. The average molecular weight is 693 g/mol. The zero-order chi connectivity index (χ0) is 35.6. The molecule has 1 aromatic carbocycles. The molecule has 3 heterocycles. The molecular formula is C39H49FN2O8. The lowest BCUT2D eigenvalue weighted by atomic mass is 9.46. The minimum Gasteiger partial charge on any atom is -0.458 e. The van der Waals surface area contributed by atoms with Crippen LogP contribution in [0.3, 0.4) is 0 Å². The molecule has 2 saturated carbocycles. The third-order valence-electron chi connectivity index (χ3n) is 12.5. The Labute approximate surface area is 293 Å². The number of halogens is 1. The van der Waals surface area contributed by atoms with E-state index in [1.165, 1.54) is 18.3 Å². The predicted molar refractivity (Wildman–Crippen MR) is 180 cm³/mol. The summed E-state index contributed by atoms with van der Waals surface area (Å²) >= 11 is 0. The Hall–Kier alpha value is -3.22. The number of likely N-dealkylation sites (N-methyl/N-ethyl adjacent to an activating group) is 1. The number of rotatable bonds is 8. The zero-order valence-corrected chi connectivity index (χ0v) is 29.7. The van der Waals surface area contributed by atoms with Crippen LogP contribution in [0.4, 0.5) is 4.39 Å². The van der Waals surface area contributed by atoms with Crippen LogP contribution in [0.2, 0.25) is 0 Å². The molecular weight excluding hydrogens is 643 g/mol. The molecule has 7 rings (SSSR count). The van der Waals surface area contributed by atoms with E-state index in [-0.39, 0.29) is 36.5 Å². The van der Waals surface area contributed by atoms with Gasteiger partial charge in [-0.05, 0) is 62.2 Å². The van der Waals surface area contributed by atoms with Crippen LogP contribution >= 0.6 is 0 Å². The van der Waals surface area contributed by atoms with Crippen molar-refractivity contribution in [3.63, 3.8) is 0 Å². The molecule has 4 fully saturated rings. The topological polar surface area (TPSA) is 125 Å². The number of hydrogen-bond acceptors (Lipinski definition) is 10. The van der Waals surface area contributed by atoms with E-state index < -0.39 is 70.8 Å². The lowest BCUT2D eigenvalue weighted by molar-refractivity contribution is -0.276. The zero-order valence-electron chi connectivity index (χ0n) is 29.7. The predicted octanol–water partition coefficient (Wildman–Crippen LogP) is 4.79. The van der Waals surface area contributed by atoms with Crippen LogP contribution in [0.5, 0.6) is 0 Å². The van der Waals surface area contributed by atoms with E-state index in [0.29, 0.717) is 18.7 Å². The van der Waals surface area contributed by atoms with E-state index in [2.05, 4.69) is 17.2 Å². The van der Waals surface area contributed by atoms with E-state index in [9.17, 15) is 19.1 Å². The van der Waals surface area contributed by atoms with E-state index in [4.69, 9.17) is 23.7 Å². The summed E-state index contributed by atoms with van der Waals surface area (Å²) in [7, 11) is 1.84. The second-order valence-electron chi connectivity index (χ2n) is 15.7. The van der Waals surface area contributed by atoms with Crippen LogP contribution < -0.4 is 5.32 Å². The van der Waals surface area contributed by atoms with Crippen LogP contribution in [0.25, 0.3) is 0 Å². The second-order valence-corrected chi connectivity index (χ2v) is 15.7. The maximum absolute atomic E-state index is 14.5. The number of esters is 2. The molecule has 2 N–H and O–H groups in total. The van der Waals surface area contributed by atoms with Gasteiger partial charge in [0.15, 0.2) is 6.29 Å². The molecule has 0 amide bonds. The fourth-order valence-corrected chi connectivity index (χ4v) is 9.67. The van der Waals surface area contributed by atoms with E-state index >= 15 is 0 Å². The van der Waals surface area contributed by atoms with E-state index in [1.54, 1.807) is 31.2 Å². The number of nitrogens with one attached hydrogen (secondary N) is 1. The van der Waals surface area contributed by atoms with Crippen molar-refractivity contribution >= 4 is 11.9 Å². The molecule has 0 unspecified atom stereocenters. The van der Waals surface area contributed by atoms with Crippen molar-refractivity contribution in [3.05, 3.63) is 76.9 Å². The first-order valence-electron chi connectivity index (χ1n) is 17.9. The quantitative estimate of drug-likeness (QED) is 0.295. The summed E-state index contributed by atoms with van der Waals surface area (Å²) in [5.41, 5.74) is -1.18. The molecule has 2 saturated heterocycles. The first kappa shape index (κ1) is 35.2. The first-order valence-corrected chi connectivity index (χ1v) is 17.9. The lowest BCUT2D eigenvalue weighted by Crippen LogP contribution is -2.73. The number of carbonyl (C=O) groups excluding carboxylic acids is 2. The smallest absolute Gasteiger partial charge is 0.338 e. The Morgan fingerprint density at radius 2 is 1.88 bits per heavy atom. The lowest BCUT2D eigenvalue weighted by Gasteiger charge is -2.65. The van der Waals surface area contributed by atoms with Gasteiger partial charge in [-0.3, -0.25) is 9.78 Å². The molecule has 10 nitrogen and oxygen atoms in total. The SMILES string of the molecule is CNC[C@@H]1O[C@@H]2C3=C(C)[C@@H](OC(=O)[C@H](C)Cc4ncccc4F)C[C@@](O)([C@@H](OC(=O)c4ccccc4)[C@H]4[C@@H]5CO[C@@H]5CC[C@@]4(C)[C@@H]2O1)C3(C)C. The maximum atomic E-state index is 14.5. The van der Waals surface area contributed by atoms with Crippen LogP contribution in [0, 0.1) is 34.4 Å². The van der Waals surface area contributed by atoms with Gasteiger partial charge in [0.1, 0.15) is 29.7 Å². The summed E-state index contributed by atoms with van der Waals surface area (Å²) in [6, 6.07) is 11.6. The monoisotopic (exact) mass is 692 g/mol. The maximum Gasteiger partial charge on any atom is 0.338 e. The second kappa shape index (κ2) is 13.1. The summed E-state index contributed by atoms with van der Waals surface area (Å²) < 4.78 is 47.0. The van der Waals surface area contributed by atoms with Gasteiger partial charge in [0.05, 0.1) is 36.0 Å². The average Bonchev–Trinajstić information content (AvgIpc) is 3.48. The summed E-state index contributed by atoms with van der Waals surface area (Å²) in [4.78, 5) is 31.9. The van der Waals surface area contributed by atoms with Gasteiger partial charge in [0.25, 0.3) is 0 Å². The molecule has 2 aliphatic heterocycles. The Morgan fingerprint density at radius 1 is 1.12 bits per heavy atom. The van der Waals surface area contributed by atoms with Crippen LogP contribution in [0.1, 0.15) is 69.9 Å². The van der Waals surface area contributed by atoms with Gasteiger partial charge in [-0.25, -0.2) is 9.18 Å². The van der Waals surface area contributed by atoms with Crippen molar-refractivity contribution in [1.82, 2.24) is 10.3 Å². The normalized spacial score (nSPS) is 37.6. The van der Waals surface area contributed by atoms with Gasteiger partial charge >= 0.3 is 11.9 Å². The number of aromatic nitrogens is 1. The highest BCUT2D eigenvalue weighted by Crippen LogP contribution is 2.65. The van der Waals surface area contributed by atoms with Crippen molar-refractivity contribution in [3.8, 4) is 0 Å². The largest absolute Gasteiger partial charge is 0.458 e.